The molecular formula is C24H30N2O4. The van der Waals surface area contributed by atoms with E-state index in [1.165, 1.54) is 0 Å². The minimum atomic E-state index is -0.0200. The summed E-state index contributed by atoms with van der Waals surface area (Å²) in [4.78, 5) is 29.1. The zero-order valence-corrected chi connectivity index (χ0v) is 18.1. The molecule has 6 heteroatoms. The van der Waals surface area contributed by atoms with Gasteiger partial charge in [-0.2, -0.15) is 0 Å². The Labute approximate surface area is 178 Å². The van der Waals surface area contributed by atoms with E-state index < -0.39 is 0 Å². The lowest BCUT2D eigenvalue weighted by Crippen LogP contribution is -2.50. The number of hydrogen-bond donors (Lipinski definition) is 0. The Morgan fingerprint density at radius 2 is 0.933 bits per heavy atom. The van der Waals surface area contributed by atoms with Crippen molar-refractivity contribution in [1.82, 2.24) is 9.80 Å². The summed E-state index contributed by atoms with van der Waals surface area (Å²) < 4.78 is 11.3. The van der Waals surface area contributed by atoms with Gasteiger partial charge in [0.25, 0.3) is 11.8 Å². The SMILES string of the molecule is CC(C)Oc1ccc(C(=O)N2CCN(C(=O)c3ccc(OC(C)C)cc3)CC2)cc1. The third-order valence-corrected chi connectivity index (χ3v) is 4.80. The molecule has 0 bridgehead atoms. The number of carbonyl (C=O) groups excluding carboxylic acids is 2. The summed E-state index contributed by atoms with van der Waals surface area (Å²) in [5.41, 5.74) is 1.26. The molecule has 1 aliphatic heterocycles. The summed E-state index contributed by atoms with van der Waals surface area (Å²) in [7, 11) is 0. The summed E-state index contributed by atoms with van der Waals surface area (Å²) in [5.74, 6) is 1.46. The lowest BCUT2D eigenvalue weighted by molar-refractivity contribution is 0.0535. The highest BCUT2D eigenvalue weighted by atomic mass is 16.5. The van der Waals surface area contributed by atoms with E-state index in [0.29, 0.717) is 37.3 Å². The molecule has 0 atom stereocenters. The van der Waals surface area contributed by atoms with Crippen LogP contribution >= 0.6 is 0 Å². The van der Waals surface area contributed by atoms with Crippen molar-refractivity contribution in [3.8, 4) is 11.5 Å². The van der Waals surface area contributed by atoms with Gasteiger partial charge in [0.05, 0.1) is 12.2 Å². The molecule has 0 spiro atoms. The van der Waals surface area contributed by atoms with Crippen LogP contribution in [0.5, 0.6) is 11.5 Å². The highest BCUT2D eigenvalue weighted by Crippen LogP contribution is 2.18. The first-order valence-corrected chi connectivity index (χ1v) is 10.5. The molecule has 2 aromatic rings. The number of amides is 2. The lowest BCUT2D eigenvalue weighted by atomic mass is 10.1. The molecule has 1 fully saturated rings. The molecule has 0 aromatic heterocycles. The van der Waals surface area contributed by atoms with Gasteiger partial charge in [0.2, 0.25) is 0 Å². The molecule has 0 N–H and O–H groups in total. The quantitative estimate of drug-likeness (QED) is 0.726. The van der Waals surface area contributed by atoms with Crippen LogP contribution in [0.15, 0.2) is 48.5 Å². The molecule has 1 saturated heterocycles. The van der Waals surface area contributed by atoms with Crippen LogP contribution in [0.4, 0.5) is 0 Å². The smallest absolute Gasteiger partial charge is 0.253 e. The fourth-order valence-corrected chi connectivity index (χ4v) is 3.37. The normalized spacial score (nSPS) is 14.2. The lowest BCUT2D eigenvalue weighted by Gasteiger charge is -2.35. The van der Waals surface area contributed by atoms with Gasteiger partial charge >= 0.3 is 0 Å². The maximum Gasteiger partial charge on any atom is 0.253 e. The Hall–Kier alpha value is -3.02. The number of hydrogen-bond acceptors (Lipinski definition) is 4. The second kappa shape index (κ2) is 9.65. The van der Waals surface area contributed by atoms with Crippen LogP contribution in [0.2, 0.25) is 0 Å². The van der Waals surface area contributed by atoms with Crippen LogP contribution < -0.4 is 9.47 Å². The number of piperazine rings is 1. The standard InChI is InChI=1S/C24H30N2O4/c1-17(2)29-21-9-5-19(6-10-21)23(27)25-13-15-26(16-14-25)24(28)20-7-11-22(12-8-20)30-18(3)4/h5-12,17-18H,13-16H2,1-4H3. The van der Waals surface area contributed by atoms with Crippen molar-refractivity contribution in [2.45, 2.75) is 39.9 Å². The first kappa shape index (κ1) is 21.7. The van der Waals surface area contributed by atoms with Crippen LogP contribution in [0, 0.1) is 0 Å². The van der Waals surface area contributed by atoms with E-state index in [-0.39, 0.29) is 24.0 Å². The van der Waals surface area contributed by atoms with Crippen molar-refractivity contribution >= 4 is 11.8 Å². The third kappa shape index (κ3) is 5.53. The highest BCUT2D eigenvalue weighted by molar-refractivity contribution is 5.96. The van der Waals surface area contributed by atoms with E-state index in [1.807, 2.05) is 52.0 Å². The van der Waals surface area contributed by atoms with Crippen LogP contribution in [-0.4, -0.2) is 60.0 Å². The van der Waals surface area contributed by atoms with E-state index in [4.69, 9.17) is 9.47 Å². The molecule has 30 heavy (non-hydrogen) atoms. The van der Waals surface area contributed by atoms with Crippen molar-refractivity contribution in [2.24, 2.45) is 0 Å². The molecule has 1 heterocycles. The monoisotopic (exact) mass is 410 g/mol. The van der Waals surface area contributed by atoms with Gasteiger partial charge in [-0.1, -0.05) is 0 Å². The molecule has 2 amide bonds. The summed E-state index contributed by atoms with van der Waals surface area (Å²) in [5, 5.41) is 0. The maximum absolute atomic E-state index is 12.8. The first-order valence-electron chi connectivity index (χ1n) is 10.5. The fourth-order valence-electron chi connectivity index (χ4n) is 3.37. The van der Waals surface area contributed by atoms with Gasteiger partial charge in [-0.05, 0) is 76.2 Å². The molecule has 3 rings (SSSR count). The second-order valence-corrected chi connectivity index (χ2v) is 7.97. The first-order chi connectivity index (χ1) is 14.3. The van der Waals surface area contributed by atoms with Crippen LogP contribution in [-0.2, 0) is 0 Å². The molecule has 0 unspecified atom stereocenters. The third-order valence-electron chi connectivity index (χ3n) is 4.80. The summed E-state index contributed by atoms with van der Waals surface area (Å²) in [6.07, 6.45) is 0.187. The summed E-state index contributed by atoms with van der Waals surface area (Å²) in [6.45, 7) is 9.93. The van der Waals surface area contributed by atoms with E-state index in [0.717, 1.165) is 11.5 Å². The van der Waals surface area contributed by atoms with Gasteiger partial charge in [0.1, 0.15) is 11.5 Å². The minimum Gasteiger partial charge on any atom is -0.491 e. The van der Waals surface area contributed by atoms with Gasteiger partial charge in [0.15, 0.2) is 0 Å². The second-order valence-electron chi connectivity index (χ2n) is 7.97. The maximum atomic E-state index is 12.8. The van der Waals surface area contributed by atoms with Crippen LogP contribution in [0.25, 0.3) is 0 Å². The van der Waals surface area contributed by atoms with Crippen molar-refractivity contribution in [3.05, 3.63) is 59.7 Å². The van der Waals surface area contributed by atoms with Crippen LogP contribution in [0.3, 0.4) is 0 Å². The van der Waals surface area contributed by atoms with Gasteiger partial charge in [-0.3, -0.25) is 9.59 Å². The van der Waals surface area contributed by atoms with Crippen molar-refractivity contribution < 1.29 is 19.1 Å². The fraction of sp³-hybridized carbons (Fsp3) is 0.417. The average Bonchev–Trinajstić information content (AvgIpc) is 2.73. The molecule has 2 aromatic carbocycles. The van der Waals surface area contributed by atoms with E-state index in [2.05, 4.69) is 0 Å². The average molecular weight is 411 g/mol. The van der Waals surface area contributed by atoms with Crippen molar-refractivity contribution in [1.29, 1.82) is 0 Å². The molecule has 0 aliphatic carbocycles. The Kier molecular flexibility index (Phi) is 6.98. The van der Waals surface area contributed by atoms with Crippen LogP contribution in [0.1, 0.15) is 48.4 Å². The Balaban J connectivity index is 1.54. The predicted molar refractivity (Wildman–Crippen MR) is 116 cm³/mol. The zero-order valence-electron chi connectivity index (χ0n) is 18.1. The van der Waals surface area contributed by atoms with Gasteiger partial charge in [0, 0.05) is 37.3 Å². The minimum absolute atomic E-state index is 0.0200. The largest absolute Gasteiger partial charge is 0.491 e. The number of ether oxygens (including phenoxy) is 2. The Morgan fingerprint density at radius 3 is 1.20 bits per heavy atom. The van der Waals surface area contributed by atoms with E-state index in [1.54, 1.807) is 34.1 Å². The van der Waals surface area contributed by atoms with Gasteiger partial charge in [-0.25, -0.2) is 0 Å². The number of benzene rings is 2. The number of nitrogens with zero attached hydrogens (tertiary/aromatic N) is 2. The molecule has 160 valence electrons. The zero-order chi connectivity index (χ0) is 21.7. The van der Waals surface area contributed by atoms with Gasteiger partial charge < -0.3 is 19.3 Å². The van der Waals surface area contributed by atoms with Gasteiger partial charge in [-0.15, -0.1) is 0 Å². The Morgan fingerprint density at radius 1 is 0.633 bits per heavy atom. The Bertz CT molecular complexity index is 778. The number of rotatable bonds is 6. The van der Waals surface area contributed by atoms with E-state index >= 15 is 0 Å². The molecule has 1 aliphatic rings. The summed E-state index contributed by atoms with van der Waals surface area (Å²) in [6, 6.07) is 14.4. The molecule has 0 radical (unpaired) electrons. The number of carbonyl (C=O) groups is 2. The molecule has 0 saturated carbocycles. The topological polar surface area (TPSA) is 59.1 Å². The van der Waals surface area contributed by atoms with Crippen molar-refractivity contribution in [2.75, 3.05) is 26.2 Å². The predicted octanol–water partition coefficient (Wildman–Crippen LogP) is 3.86. The summed E-state index contributed by atoms with van der Waals surface area (Å²) >= 11 is 0. The highest BCUT2D eigenvalue weighted by Gasteiger charge is 2.25. The molecular weight excluding hydrogens is 380 g/mol. The van der Waals surface area contributed by atoms with Crippen molar-refractivity contribution in [3.63, 3.8) is 0 Å². The van der Waals surface area contributed by atoms with E-state index in [9.17, 15) is 9.59 Å². The molecule has 6 nitrogen and oxygen atoms in total.